The van der Waals surface area contributed by atoms with E-state index in [2.05, 4.69) is 30.3 Å². The van der Waals surface area contributed by atoms with Gasteiger partial charge in [0, 0.05) is 42.9 Å². The Balaban J connectivity index is 1.31. The maximum Gasteiger partial charge on any atom is 0.260 e. The zero-order chi connectivity index (χ0) is 23.1. The highest BCUT2D eigenvalue weighted by Crippen LogP contribution is 2.40. The molecule has 170 valence electrons. The van der Waals surface area contributed by atoms with Crippen molar-refractivity contribution in [1.82, 2.24) is 9.47 Å². The second kappa shape index (κ2) is 8.49. The van der Waals surface area contributed by atoms with E-state index in [0.717, 1.165) is 23.2 Å². The first-order chi connectivity index (χ1) is 16.7. The van der Waals surface area contributed by atoms with E-state index in [0.29, 0.717) is 25.4 Å². The van der Waals surface area contributed by atoms with Crippen LogP contribution in [0.15, 0.2) is 89.7 Å². The Labute approximate surface area is 198 Å². The molecule has 0 unspecified atom stereocenters. The lowest BCUT2D eigenvalue weighted by Gasteiger charge is -2.43. The van der Waals surface area contributed by atoms with Crippen LogP contribution in [0.1, 0.15) is 18.0 Å². The SMILES string of the molecule is O=C(COc1ccccc1)N1C[C@@H]2C[C@H](C1)c1c(-c3ccc4ccccc4c3)ccc(=O)n1C2. The summed E-state index contributed by atoms with van der Waals surface area (Å²) in [6, 6.07) is 27.9. The summed E-state index contributed by atoms with van der Waals surface area (Å²) in [6.45, 7) is 1.95. The van der Waals surface area contributed by atoms with Crippen LogP contribution in [0, 0.1) is 5.92 Å². The van der Waals surface area contributed by atoms with Crippen molar-refractivity contribution in [1.29, 1.82) is 0 Å². The number of piperidine rings is 1. The number of hydrogen-bond donors (Lipinski definition) is 0. The second-order valence-electron chi connectivity index (χ2n) is 9.34. The van der Waals surface area contributed by atoms with Crippen molar-refractivity contribution < 1.29 is 9.53 Å². The van der Waals surface area contributed by atoms with Crippen LogP contribution < -0.4 is 10.3 Å². The topological polar surface area (TPSA) is 51.5 Å². The number of para-hydroxylation sites is 1. The van der Waals surface area contributed by atoms with Crippen LogP contribution in [-0.2, 0) is 11.3 Å². The zero-order valence-electron chi connectivity index (χ0n) is 18.9. The number of ether oxygens (including phenoxy) is 1. The van der Waals surface area contributed by atoms with E-state index in [1.54, 1.807) is 6.07 Å². The van der Waals surface area contributed by atoms with Crippen LogP contribution in [0.25, 0.3) is 21.9 Å². The van der Waals surface area contributed by atoms with Gasteiger partial charge in [0.15, 0.2) is 6.61 Å². The minimum atomic E-state index is -0.00228. The molecule has 2 aliphatic rings. The number of nitrogens with zero attached hydrogens (tertiary/aromatic N) is 2. The Morgan fingerprint density at radius 1 is 0.853 bits per heavy atom. The molecule has 0 radical (unpaired) electrons. The average molecular weight is 451 g/mol. The van der Waals surface area contributed by atoms with Gasteiger partial charge in [-0.05, 0) is 52.9 Å². The fourth-order valence-corrected chi connectivity index (χ4v) is 5.57. The van der Waals surface area contributed by atoms with Crippen molar-refractivity contribution >= 4 is 16.7 Å². The maximum absolute atomic E-state index is 13.0. The molecule has 1 fully saturated rings. The van der Waals surface area contributed by atoms with Gasteiger partial charge in [-0.3, -0.25) is 9.59 Å². The van der Waals surface area contributed by atoms with Gasteiger partial charge in [0.05, 0.1) is 0 Å². The predicted molar refractivity (Wildman–Crippen MR) is 133 cm³/mol. The minimum Gasteiger partial charge on any atom is -0.484 e. The second-order valence-corrected chi connectivity index (χ2v) is 9.34. The van der Waals surface area contributed by atoms with Crippen LogP contribution in [0.2, 0.25) is 0 Å². The molecule has 4 aromatic rings. The summed E-state index contributed by atoms with van der Waals surface area (Å²) in [5.41, 5.74) is 3.29. The molecule has 2 aliphatic heterocycles. The van der Waals surface area contributed by atoms with Gasteiger partial charge in [-0.2, -0.15) is 0 Å². The number of amides is 1. The number of benzene rings is 3. The van der Waals surface area contributed by atoms with Gasteiger partial charge in [0.1, 0.15) is 5.75 Å². The number of pyridine rings is 1. The lowest BCUT2D eigenvalue weighted by atomic mass is 9.80. The van der Waals surface area contributed by atoms with E-state index in [9.17, 15) is 9.59 Å². The van der Waals surface area contributed by atoms with Crippen LogP contribution in [0.4, 0.5) is 0 Å². The first kappa shape index (κ1) is 20.7. The Bertz CT molecular complexity index is 1430. The molecule has 1 aromatic heterocycles. The molecule has 34 heavy (non-hydrogen) atoms. The van der Waals surface area contributed by atoms with Gasteiger partial charge in [-0.1, -0.05) is 54.6 Å². The van der Waals surface area contributed by atoms with Gasteiger partial charge in [0.2, 0.25) is 0 Å². The fraction of sp³-hybridized carbons (Fsp3) is 0.241. The van der Waals surface area contributed by atoms with Gasteiger partial charge in [-0.25, -0.2) is 0 Å². The number of aromatic nitrogens is 1. The van der Waals surface area contributed by atoms with Crippen LogP contribution >= 0.6 is 0 Å². The van der Waals surface area contributed by atoms with Gasteiger partial charge < -0.3 is 14.2 Å². The summed E-state index contributed by atoms with van der Waals surface area (Å²) in [4.78, 5) is 27.8. The standard InChI is InChI=1S/C29H26N2O3/c32-27-13-12-26(23-11-10-21-6-4-5-7-22(21)15-23)29-24-14-20(17-31(27)29)16-30(18-24)28(33)19-34-25-8-2-1-3-9-25/h1-13,15,20,24H,14,16-19H2/t20-,24+/m0/s1. The maximum atomic E-state index is 13.0. The van der Waals surface area contributed by atoms with E-state index in [1.807, 2.05) is 58.0 Å². The molecule has 2 atom stereocenters. The minimum absolute atomic E-state index is 0.00228. The van der Waals surface area contributed by atoms with Gasteiger partial charge in [0.25, 0.3) is 11.5 Å². The fourth-order valence-electron chi connectivity index (χ4n) is 5.57. The molecule has 6 rings (SSSR count). The normalized spacial score (nSPS) is 19.0. The Morgan fingerprint density at radius 2 is 1.65 bits per heavy atom. The van der Waals surface area contributed by atoms with E-state index in [1.165, 1.54) is 10.8 Å². The van der Waals surface area contributed by atoms with Gasteiger partial charge in [-0.15, -0.1) is 0 Å². The molecule has 3 heterocycles. The molecule has 0 N–H and O–H groups in total. The summed E-state index contributed by atoms with van der Waals surface area (Å²) in [6.07, 6.45) is 0.993. The van der Waals surface area contributed by atoms with Crippen molar-refractivity contribution in [2.45, 2.75) is 18.9 Å². The molecular formula is C29H26N2O3. The Hall–Kier alpha value is -3.86. The van der Waals surface area contributed by atoms with Crippen molar-refractivity contribution in [3.63, 3.8) is 0 Å². The highest BCUT2D eigenvalue weighted by atomic mass is 16.5. The third-order valence-corrected chi connectivity index (χ3v) is 7.11. The number of fused-ring (bicyclic) bond motifs is 5. The summed E-state index contributed by atoms with van der Waals surface area (Å²) in [5.74, 6) is 1.10. The number of rotatable bonds is 4. The highest BCUT2D eigenvalue weighted by Gasteiger charge is 2.37. The lowest BCUT2D eigenvalue weighted by Crippen LogP contribution is -2.50. The number of likely N-dealkylation sites (tertiary alicyclic amines) is 1. The number of carbonyl (C=O) groups excluding carboxylic acids is 1. The average Bonchev–Trinajstić information content (AvgIpc) is 2.88. The summed E-state index contributed by atoms with van der Waals surface area (Å²) in [5, 5.41) is 2.37. The van der Waals surface area contributed by atoms with E-state index >= 15 is 0 Å². The van der Waals surface area contributed by atoms with Crippen molar-refractivity contribution in [3.05, 3.63) is 101 Å². The van der Waals surface area contributed by atoms with Crippen molar-refractivity contribution in [3.8, 4) is 16.9 Å². The highest BCUT2D eigenvalue weighted by molar-refractivity contribution is 5.87. The van der Waals surface area contributed by atoms with Crippen molar-refractivity contribution in [2.24, 2.45) is 5.92 Å². The third-order valence-electron chi connectivity index (χ3n) is 7.11. The lowest BCUT2D eigenvalue weighted by molar-refractivity contribution is -0.136. The van der Waals surface area contributed by atoms with Crippen LogP contribution in [-0.4, -0.2) is 35.1 Å². The number of hydrogen-bond acceptors (Lipinski definition) is 3. The molecule has 0 spiro atoms. The van der Waals surface area contributed by atoms with E-state index in [-0.39, 0.29) is 29.9 Å². The largest absolute Gasteiger partial charge is 0.484 e. The summed E-state index contributed by atoms with van der Waals surface area (Å²) < 4.78 is 7.67. The Morgan fingerprint density at radius 3 is 2.50 bits per heavy atom. The quantitative estimate of drug-likeness (QED) is 0.453. The monoisotopic (exact) mass is 450 g/mol. The molecule has 0 aliphatic carbocycles. The molecule has 1 saturated heterocycles. The molecule has 5 nitrogen and oxygen atoms in total. The summed E-state index contributed by atoms with van der Waals surface area (Å²) >= 11 is 0. The molecule has 1 amide bonds. The Kier molecular flexibility index (Phi) is 5.17. The number of carbonyl (C=O) groups is 1. The van der Waals surface area contributed by atoms with E-state index in [4.69, 9.17) is 4.74 Å². The van der Waals surface area contributed by atoms with Crippen LogP contribution in [0.3, 0.4) is 0 Å². The molecule has 3 aromatic carbocycles. The first-order valence-electron chi connectivity index (χ1n) is 11.8. The van der Waals surface area contributed by atoms with Crippen molar-refractivity contribution in [2.75, 3.05) is 19.7 Å². The predicted octanol–water partition coefficient (Wildman–Crippen LogP) is 4.69. The summed E-state index contributed by atoms with van der Waals surface area (Å²) in [7, 11) is 0. The first-order valence-corrected chi connectivity index (χ1v) is 11.8. The van der Waals surface area contributed by atoms with Gasteiger partial charge >= 0.3 is 0 Å². The zero-order valence-corrected chi connectivity index (χ0v) is 18.9. The molecule has 5 heteroatoms. The molecule has 2 bridgehead atoms. The molecular weight excluding hydrogens is 424 g/mol. The third kappa shape index (κ3) is 3.77. The molecule has 0 saturated carbocycles. The smallest absolute Gasteiger partial charge is 0.260 e. The van der Waals surface area contributed by atoms with E-state index < -0.39 is 0 Å². The van der Waals surface area contributed by atoms with Crippen LogP contribution in [0.5, 0.6) is 5.75 Å².